The van der Waals surface area contributed by atoms with Crippen LogP contribution in [0.3, 0.4) is 0 Å². The molecule has 0 spiro atoms. The van der Waals surface area contributed by atoms with E-state index in [1.807, 2.05) is 6.20 Å². The SMILES string of the molecule is CCN(CC)CCNCc1nccc2c3ccccc3n(CCCc3ccccc3)c12. The van der Waals surface area contributed by atoms with Gasteiger partial charge in [-0.3, -0.25) is 4.98 Å². The zero-order valence-electron chi connectivity index (χ0n) is 18.8. The smallest absolute Gasteiger partial charge is 0.0784 e. The third-order valence-electron chi connectivity index (χ3n) is 6.24. The van der Waals surface area contributed by atoms with Crippen molar-refractivity contribution in [3.8, 4) is 0 Å². The molecule has 0 aliphatic rings. The van der Waals surface area contributed by atoms with E-state index in [-0.39, 0.29) is 0 Å². The minimum atomic E-state index is 0.799. The van der Waals surface area contributed by atoms with Gasteiger partial charge >= 0.3 is 0 Å². The van der Waals surface area contributed by atoms with Crippen LogP contribution in [0.5, 0.6) is 0 Å². The van der Waals surface area contributed by atoms with Crippen molar-refractivity contribution in [1.29, 1.82) is 0 Å². The van der Waals surface area contributed by atoms with Crippen LogP contribution in [-0.4, -0.2) is 40.6 Å². The van der Waals surface area contributed by atoms with Gasteiger partial charge in [0, 0.05) is 48.7 Å². The lowest BCUT2D eigenvalue weighted by molar-refractivity contribution is 0.302. The molecule has 2 aromatic heterocycles. The molecule has 0 saturated heterocycles. The number of nitrogens with zero attached hydrogens (tertiary/aromatic N) is 3. The Labute approximate surface area is 185 Å². The highest BCUT2D eigenvalue weighted by Gasteiger charge is 2.14. The number of para-hydroxylation sites is 1. The topological polar surface area (TPSA) is 33.1 Å². The largest absolute Gasteiger partial charge is 0.339 e. The summed E-state index contributed by atoms with van der Waals surface area (Å²) in [5.41, 5.74) is 5.14. The van der Waals surface area contributed by atoms with Crippen molar-refractivity contribution in [3.63, 3.8) is 0 Å². The molecule has 0 unspecified atom stereocenters. The van der Waals surface area contributed by atoms with E-state index >= 15 is 0 Å². The van der Waals surface area contributed by atoms with Gasteiger partial charge in [-0.25, -0.2) is 0 Å². The van der Waals surface area contributed by atoms with Crippen LogP contribution in [0.1, 0.15) is 31.5 Å². The van der Waals surface area contributed by atoms with Gasteiger partial charge in [0.15, 0.2) is 0 Å². The molecular weight excluding hydrogens is 380 g/mol. The molecule has 4 nitrogen and oxygen atoms in total. The van der Waals surface area contributed by atoms with Crippen LogP contribution >= 0.6 is 0 Å². The van der Waals surface area contributed by atoms with Gasteiger partial charge in [-0.05, 0) is 43.6 Å². The Morgan fingerprint density at radius 1 is 0.903 bits per heavy atom. The monoisotopic (exact) mass is 414 g/mol. The minimum absolute atomic E-state index is 0.799. The van der Waals surface area contributed by atoms with Crippen LogP contribution < -0.4 is 5.32 Å². The molecule has 0 aliphatic carbocycles. The Morgan fingerprint density at radius 3 is 2.48 bits per heavy atom. The number of fused-ring (bicyclic) bond motifs is 3. The summed E-state index contributed by atoms with van der Waals surface area (Å²) in [6.07, 6.45) is 4.17. The Bertz CT molecular complexity index is 1100. The summed E-state index contributed by atoms with van der Waals surface area (Å²) in [6.45, 7) is 10.5. The molecule has 0 fully saturated rings. The molecule has 4 heteroatoms. The van der Waals surface area contributed by atoms with Crippen LogP contribution in [0.4, 0.5) is 0 Å². The molecule has 2 aromatic carbocycles. The standard InChI is InChI=1S/C27H34N4/c1-3-30(4-2)20-18-28-21-25-27-24(16-17-29-25)23-14-8-9-15-26(23)31(27)19-10-13-22-11-6-5-7-12-22/h5-9,11-12,14-17,28H,3-4,10,13,18-21H2,1-2H3. The van der Waals surface area contributed by atoms with Gasteiger partial charge < -0.3 is 14.8 Å². The maximum atomic E-state index is 4.79. The van der Waals surface area contributed by atoms with Crippen molar-refractivity contribution in [2.75, 3.05) is 26.2 Å². The Kier molecular flexibility index (Phi) is 7.34. The van der Waals surface area contributed by atoms with Crippen molar-refractivity contribution in [1.82, 2.24) is 19.8 Å². The zero-order chi connectivity index (χ0) is 21.5. The Hall–Kier alpha value is -2.69. The van der Waals surface area contributed by atoms with E-state index in [9.17, 15) is 0 Å². The molecule has 1 N–H and O–H groups in total. The van der Waals surface area contributed by atoms with Crippen molar-refractivity contribution >= 4 is 21.8 Å². The minimum Gasteiger partial charge on any atom is -0.339 e. The average Bonchev–Trinajstić information content (AvgIpc) is 3.14. The second-order valence-electron chi connectivity index (χ2n) is 8.12. The first-order chi connectivity index (χ1) is 15.3. The lowest BCUT2D eigenvalue weighted by atomic mass is 10.1. The van der Waals surface area contributed by atoms with Crippen LogP contribution in [0.25, 0.3) is 21.8 Å². The van der Waals surface area contributed by atoms with Gasteiger partial charge in [0.25, 0.3) is 0 Å². The van der Waals surface area contributed by atoms with E-state index in [2.05, 4.69) is 89.3 Å². The predicted octanol–water partition coefficient (Wildman–Crippen LogP) is 5.25. The molecule has 4 rings (SSSR count). The summed E-state index contributed by atoms with van der Waals surface area (Å²) >= 11 is 0. The van der Waals surface area contributed by atoms with Crippen LogP contribution in [0.2, 0.25) is 0 Å². The average molecular weight is 415 g/mol. The fraction of sp³-hybridized carbons (Fsp3) is 0.370. The molecule has 162 valence electrons. The molecule has 0 aliphatic heterocycles. The van der Waals surface area contributed by atoms with Gasteiger partial charge in [-0.2, -0.15) is 0 Å². The van der Waals surface area contributed by atoms with Crippen molar-refractivity contribution in [2.45, 2.75) is 39.8 Å². The number of pyridine rings is 1. The number of hydrogen-bond acceptors (Lipinski definition) is 3. The molecule has 0 saturated carbocycles. The van der Waals surface area contributed by atoms with E-state index in [1.54, 1.807) is 0 Å². The van der Waals surface area contributed by atoms with Gasteiger partial charge in [0.05, 0.1) is 11.2 Å². The molecule has 31 heavy (non-hydrogen) atoms. The lowest BCUT2D eigenvalue weighted by Crippen LogP contribution is -2.31. The summed E-state index contributed by atoms with van der Waals surface area (Å²) in [5.74, 6) is 0. The molecule has 2 heterocycles. The van der Waals surface area contributed by atoms with Crippen molar-refractivity contribution in [3.05, 3.63) is 78.1 Å². The number of rotatable bonds is 11. The second-order valence-corrected chi connectivity index (χ2v) is 8.12. The number of hydrogen-bond donors (Lipinski definition) is 1. The Balaban J connectivity index is 1.57. The van der Waals surface area contributed by atoms with E-state index in [0.717, 1.165) is 57.8 Å². The first-order valence-electron chi connectivity index (χ1n) is 11.6. The molecule has 4 aromatic rings. The molecule has 0 atom stereocenters. The summed E-state index contributed by atoms with van der Waals surface area (Å²) < 4.78 is 2.49. The lowest BCUT2D eigenvalue weighted by Gasteiger charge is -2.18. The predicted molar refractivity (Wildman–Crippen MR) is 131 cm³/mol. The number of aryl methyl sites for hydroxylation is 2. The third-order valence-corrected chi connectivity index (χ3v) is 6.24. The van der Waals surface area contributed by atoms with E-state index in [4.69, 9.17) is 4.98 Å². The first-order valence-corrected chi connectivity index (χ1v) is 11.6. The number of likely N-dealkylation sites (N-methyl/N-ethyl adjacent to an activating group) is 1. The number of aromatic nitrogens is 2. The maximum Gasteiger partial charge on any atom is 0.0784 e. The van der Waals surface area contributed by atoms with E-state index in [1.165, 1.54) is 27.4 Å². The zero-order valence-corrected chi connectivity index (χ0v) is 18.8. The summed E-state index contributed by atoms with van der Waals surface area (Å²) in [6, 6.07) is 21.7. The number of benzene rings is 2. The maximum absolute atomic E-state index is 4.79. The molecule has 0 bridgehead atoms. The first kappa shape index (κ1) is 21.5. The summed E-state index contributed by atoms with van der Waals surface area (Å²) in [5, 5.41) is 6.26. The summed E-state index contributed by atoms with van der Waals surface area (Å²) in [4.78, 5) is 7.24. The van der Waals surface area contributed by atoms with Crippen LogP contribution in [0.15, 0.2) is 66.9 Å². The summed E-state index contributed by atoms with van der Waals surface area (Å²) in [7, 11) is 0. The number of nitrogens with one attached hydrogen (secondary N) is 1. The normalized spacial score (nSPS) is 11.7. The van der Waals surface area contributed by atoms with Gasteiger partial charge in [0.2, 0.25) is 0 Å². The highest BCUT2D eigenvalue weighted by Crippen LogP contribution is 2.30. The van der Waals surface area contributed by atoms with Crippen LogP contribution in [-0.2, 0) is 19.5 Å². The molecule has 0 amide bonds. The third kappa shape index (κ3) is 4.97. The van der Waals surface area contributed by atoms with Crippen molar-refractivity contribution in [2.24, 2.45) is 0 Å². The van der Waals surface area contributed by atoms with Gasteiger partial charge in [0.1, 0.15) is 0 Å². The van der Waals surface area contributed by atoms with Gasteiger partial charge in [-0.1, -0.05) is 62.4 Å². The van der Waals surface area contributed by atoms with Gasteiger partial charge in [-0.15, -0.1) is 0 Å². The Morgan fingerprint density at radius 2 is 1.68 bits per heavy atom. The second kappa shape index (κ2) is 10.6. The molecule has 0 radical (unpaired) electrons. The van der Waals surface area contributed by atoms with E-state index < -0.39 is 0 Å². The fourth-order valence-electron chi connectivity index (χ4n) is 4.50. The van der Waals surface area contributed by atoms with E-state index in [0.29, 0.717) is 0 Å². The highest BCUT2D eigenvalue weighted by atomic mass is 15.1. The van der Waals surface area contributed by atoms with Crippen molar-refractivity contribution < 1.29 is 0 Å². The highest BCUT2D eigenvalue weighted by molar-refractivity contribution is 6.08. The fourth-order valence-corrected chi connectivity index (χ4v) is 4.50. The molecular formula is C27H34N4. The quantitative estimate of drug-likeness (QED) is 0.340. The van der Waals surface area contributed by atoms with Crippen LogP contribution in [0, 0.1) is 0 Å².